The molecule has 0 atom stereocenters. The number of nitrogens with zero attached hydrogens (tertiary/aromatic N) is 1. The number of rotatable bonds is 6. The normalized spacial score (nSPS) is 10.7. The lowest BCUT2D eigenvalue weighted by Crippen LogP contribution is -2.08. The predicted octanol–water partition coefficient (Wildman–Crippen LogP) is 4.61. The summed E-state index contributed by atoms with van der Waals surface area (Å²) in [5, 5.41) is 4.81. The van der Waals surface area contributed by atoms with Crippen molar-refractivity contribution >= 4 is 29.5 Å². The van der Waals surface area contributed by atoms with Gasteiger partial charge in [0.2, 0.25) is 5.76 Å². The summed E-state index contributed by atoms with van der Waals surface area (Å²) in [5.41, 5.74) is 4.47. The van der Waals surface area contributed by atoms with Crippen molar-refractivity contribution < 1.29 is 18.7 Å². The maximum Gasteiger partial charge on any atom is 0.379 e. The Morgan fingerprint density at radius 2 is 1.96 bits per heavy atom. The summed E-state index contributed by atoms with van der Waals surface area (Å²) in [6.07, 6.45) is 3.02. The quantitative estimate of drug-likeness (QED) is 0.297. The second-order valence-electron chi connectivity index (χ2n) is 5.15. The van der Waals surface area contributed by atoms with E-state index in [4.69, 9.17) is 25.5 Å². The minimum Gasteiger partial charge on any atom is -0.493 e. The van der Waals surface area contributed by atoms with Gasteiger partial charge in [-0.3, -0.25) is 5.43 Å². The Morgan fingerprint density at radius 3 is 2.65 bits per heavy atom. The summed E-state index contributed by atoms with van der Waals surface area (Å²) in [7, 11) is 1.49. The van der Waals surface area contributed by atoms with E-state index in [1.807, 2.05) is 12.1 Å². The van der Waals surface area contributed by atoms with Gasteiger partial charge in [-0.15, -0.1) is 0 Å². The third kappa shape index (κ3) is 4.43. The molecule has 0 aliphatic rings. The fraction of sp³-hybridized carbons (Fsp3) is 0.0526. The van der Waals surface area contributed by atoms with Crippen molar-refractivity contribution in [2.75, 3.05) is 12.5 Å². The zero-order valence-corrected chi connectivity index (χ0v) is 14.6. The molecule has 7 heteroatoms. The summed E-state index contributed by atoms with van der Waals surface area (Å²) in [4.78, 5) is 12.0. The topological polar surface area (TPSA) is 73.1 Å². The number of hydrazone groups is 1. The Kier molecular flexibility index (Phi) is 5.56. The fourth-order valence-electron chi connectivity index (χ4n) is 2.10. The van der Waals surface area contributed by atoms with Gasteiger partial charge in [0.25, 0.3) is 0 Å². The molecule has 1 heterocycles. The van der Waals surface area contributed by atoms with E-state index >= 15 is 0 Å². The van der Waals surface area contributed by atoms with Gasteiger partial charge in [-0.1, -0.05) is 11.6 Å². The van der Waals surface area contributed by atoms with Crippen LogP contribution in [-0.4, -0.2) is 19.3 Å². The van der Waals surface area contributed by atoms with Crippen LogP contribution in [0.3, 0.4) is 0 Å². The number of anilines is 1. The number of nitrogens with one attached hydrogen (secondary N) is 1. The van der Waals surface area contributed by atoms with Crippen LogP contribution in [0.4, 0.5) is 5.69 Å². The Labute approximate surface area is 155 Å². The molecular formula is C19H15ClN2O4. The number of halogens is 1. The molecule has 0 unspecified atom stereocenters. The van der Waals surface area contributed by atoms with Crippen LogP contribution in [-0.2, 0) is 0 Å². The Hall–Kier alpha value is -3.25. The molecule has 0 radical (unpaired) electrons. The predicted molar refractivity (Wildman–Crippen MR) is 99.3 cm³/mol. The Balaban J connectivity index is 1.68. The molecule has 1 aromatic heterocycles. The van der Waals surface area contributed by atoms with Crippen LogP contribution in [0.1, 0.15) is 16.1 Å². The first kappa shape index (κ1) is 17.6. The fourth-order valence-corrected chi connectivity index (χ4v) is 2.23. The molecule has 0 aliphatic carbocycles. The van der Waals surface area contributed by atoms with E-state index < -0.39 is 5.97 Å². The minimum atomic E-state index is -0.598. The van der Waals surface area contributed by atoms with E-state index in [0.717, 1.165) is 11.3 Å². The average molecular weight is 371 g/mol. The standard InChI is InChI=1S/C19H15ClN2O4/c1-24-18-11-13(12-21-22-15-7-5-14(20)6-8-15)4-9-16(18)26-19(23)17-3-2-10-25-17/h2-12,22H,1H3/b21-12-. The molecule has 0 saturated heterocycles. The number of ether oxygens (including phenoxy) is 2. The van der Waals surface area contributed by atoms with E-state index in [1.165, 1.54) is 19.4 Å². The number of carbonyl (C=O) groups excluding carboxylic acids is 1. The van der Waals surface area contributed by atoms with Gasteiger partial charge >= 0.3 is 5.97 Å². The van der Waals surface area contributed by atoms with E-state index in [-0.39, 0.29) is 11.5 Å². The molecule has 0 fully saturated rings. The number of carbonyl (C=O) groups is 1. The lowest BCUT2D eigenvalue weighted by molar-refractivity contribution is 0.0696. The lowest BCUT2D eigenvalue weighted by atomic mass is 10.2. The maximum absolute atomic E-state index is 12.0. The van der Waals surface area contributed by atoms with Crippen molar-refractivity contribution in [3.8, 4) is 11.5 Å². The number of benzene rings is 2. The third-order valence-electron chi connectivity index (χ3n) is 3.36. The van der Waals surface area contributed by atoms with E-state index in [1.54, 1.807) is 42.6 Å². The molecule has 0 aliphatic heterocycles. The van der Waals surface area contributed by atoms with Crippen molar-refractivity contribution in [2.45, 2.75) is 0 Å². The molecule has 0 bridgehead atoms. The molecular weight excluding hydrogens is 356 g/mol. The first-order valence-corrected chi connectivity index (χ1v) is 8.02. The highest BCUT2D eigenvalue weighted by atomic mass is 35.5. The van der Waals surface area contributed by atoms with Gasteiger partial charge in [-0.2, -0.15) is 5.10 Å². The van der Waals surface area contributed by atoms with Crippen LogP contribution in [0.25, 0.3) is 0 Å². The van der Waals surface area contributed by atoms with Gasteiger partial charge in [0.1, 0.15) is 0 Å². The summed E-state index contributed by atoms with van der Waals surface area (Å²) in [5.74, 6) is 0.209. The van der Waals surface area contributed by atoms with Crippen molar-refractivity contribution in [3.05, 3.63) is 77.2 Å². The summed E-state index contributed by atoms with van der Waals surface area (Å²) in [6, 6.07) is 15.4. The lowest BCUT2D eigenvalue weighted by Gasteiger charge is -2.09. The largest absolute Gasteiger partial charge is 0.493 e. The summed E-state index contributed by atoms with van der Waals surface area (Å²) < 4.78 is 15.6. The summed E-state index contributed by atoms with van der Waals surface area (Å²) in [6.45, 7) is 0. The first-order chi connectivity index (χ1) is 12.7. The maximum atomic E-state index is 12.0. The number of hydrogen-bond acceptors (Lipinski definition) is 6. The molecule has 1 N–H and O–H groups in total. The Bertz CT molecular complexity index is 906. The molecule has 3 aromatic rings. The number of methoxy groups -OCH3 is 1. The van der Waals surface area contributed by atoms with Crippen molar-refractivity contribution in [1.29, 1.82) is 0 Å². The van der Waals surface area contributed by atoms with Crippen LogP contribution in [0, 0.1) is 0 Å². The second-order valence-corrected chi connectivity index (χ2v) is 5.59. The van der Waals surface area contributed by atoms with E-state index in [2.05, 4.69) is 10.5 Å². The molecule has 0 spiro atoms. The van der Waals surface area contributed by atoms with Gasteiger partial charge in [0, 0.05) is 5.02 Å². The van der Waals surface area contributed by atoms with Gasteiger partial charge in [-0.05, 0) is 60.2 Å². The van der Waals surface area contributed by atoms with Crippen LogP contribution >= 0.6 is 11.6 Å². The van der Waals surface area contributed by atoms with Crippen LogP contribution < -0.4 is 14.9 Å². The second kappa shape index (κ2) is 8.22. The van der Waals surface area contributed by atoms with Gasteiger partial charge in [0.15, 0.2) is 11.5 Å². The number of esters is 1. The molecule has 132 valence electrons. The molecule has 6 nitrogen and oxygen atoms in total. The minimum absolute atomic E-state index is 0.116. The van der Waals surface area contributed by atoms with Crippen molar-refractivity contribution in [1.82, 2.24) is 0 Å². The summed E-state index contributed by atoms with van der Waals surface area (Å²) >= 11 is 5.84. The SMILES string of the molecule is COc1cc(/C=N\Nc2ccc(Cl)cc2)ccc1OC(=O)c1ccco1. The highest BCUT2D eigenvalue weighted by molar-refractivity contribution is 6.30. The number of hydrogen-bond donors (Lipinski definition) is 1. The van der Waals surface area contributed by atoms with E-state index in [0.29, 0.717) is 10.8 Å². The van der Waals surface area contributed by atoms with Crippen molar-refractivity contribution in [3.63, 3.8) is 0 Å². The van der Waals surface area contributed by atoms with Crippen molar-refractivity contribution in [2.24, 2.45) is 5.10 Å². The zero-order valence-electron chi connectivity index (χ0n) is 13.8. The zero-order chi connectivity index (χ0) is 18.4. The van der Waals surface area contributed by atoms with Gasteiger partial charge in [0.05, 0.1) is 25.3 Å². The van der Waals surface area contributed by atoms with E-state index in [9.17, 15) is 4.79 Å². The van der Waals surface area contributed by atoms with Crippen LogP contribution in [0.15, 0.2) is 70.4 Å². The third-order valence-corrected chi connectivity index (χ3v) is 3.62. The van der Waals surface area contributed by atoms with Crippen LogP contribution in [0.2, 0.25) is 5.02 Å². The molecule has 3 rings (SSSR count). The molecule has 0 saturated carbocycles. The highest BCUT2D eigenvalue weighted by Gasteiger charge is 2.14. The smallest absolute Gasteiger partial charge is 0.379 e. The number of furan rings is 1. The highest BCUT2D eigenvalue weighted by Crippen LogP contribution is 2.28. The van der Waals surface area contributed by atoms with Gasteiger partial charge in [-0.25, -0.2) is 4.79 Å². The van der Waals surface area contributed by atoms with Gasteiger partial charge < -0.3 is 13.9 Å². The molecule has 0 amide bonds. The van der Waals surface area contributed by atoms with Crippen LogP contribution in [0.5, 0.6) is 11.5 Å². The molecule has 2 aromatic carbocycles. The molecule has 26 heavy (non-hydrogen) atoms. The first-order valence-electron chi connectivity index (χ1n) is 7.64. The Morgan fingerprint density at radius 1 is 1.15 bits per heavy atom. The monoisotopic (exact) mass is 370 g/mol. The average Bonchev–Trinajstić information content (AvgIpc) is 3.19.